The van der Waals surface area contributed by atoms with Crippen molar-refractivity contribution in [3.63, 3.8) is 0 Å². The van der Waals surface area contributed by atoms with Crippen LogP contribution in [0.4, 0.5) is 13.2 Å². The second-order valence-electron chi connectivity index (χ2n) is 5.29. The largest absolute Gasteiger partial charge is 0.483 e. The lowest BCUT2D eigenvalue weighted by atomic mass is 10.3. The third-order valence-corrected chi connectivity index (χ3v) is 5.61. The zero-order chi connectivity index (χ0) is 20.0. The van der Waals surface area contributed by atoms with Gasteiger partial charge in [-0.3, -0.25) is 0 Å². The first-order valence-corrected chi connectivity index (χ1v) is 10.1. The number of benzene rings is 2. The van der Waals surface area contributed by atoms with Crippen molar-refractivity contribution >= 4 is 21.8 Å². The smallest absolute Gasteiger partial charge is 0.240 e. The van der Waals surface area contributed by atoms with Gasteiger partial charge in [-0.1, -0.05) is 0 Å². The fraction of sp³-hybridized carbons (Fsp3) is 0.250. The Balaban J connectivity index is 1.90. The number of hydrogen-bond donors (Lipinski definition) is 3. The van der Waals surface area contributed by atoms with E-state index in [1.807, 2.05) is 0 Å². The number of halogens is 3. The molecule has 0 aliphatic heterocycles. The van der Waals surface area contributed by atoms with Crippen LogP contribution in [0, 0.1) is 17.5 Å². The molecule has 148 valence electrons. The molecular weight excluding hydrogens is 405 g/mol. The summed E-state index contributed by atoms with van der Waals surface area (Å²) >= 11 is 1.02. The molecule has 2 rings (SSSR count). The normalized spacial score (nSPS) is 12.8. The van der Waals surface area contributed by atoms with Crippen LogP contribution in [-0.2, 0) is 10.0 Å². The minimum absolute atomic E-state index is 0.00870. The third kappa shape index (κ3) is 6.40. The predicted octanol–water partition coefficient (Wildman–Crippen LogP) is 1.83. The minimum atomic E-state index is -3.80. The summed E-state index contributed by atoms with van der Waals surface area (Å²) in [5.41, 5.74) is 5.04. The van der Waals surface area contributed by atoms with Gasteiger partial charge < -0.3 is 15.6 Å². The highest BCUT2D eigenvalue weighted by atomic mass is 32.2. The molecule has 11 heteroatoms. The average molecular weight is 422 g/mol. The van der Waals surface area contributed by atoms with Gasteiger partial charge in [0.25, 0.3) is 0 Å². The van der Waals surface area contributed by atoms with Crippen LogP contribution < -0.4 is 15.2 Å². The van der Waals surface area contributed by atoms with E-state index in [1.54, 1.807) is 0 Å². The van der Waals surface area contributed by atoms with Gasteiger partial charge in [0.15, 0.2) is 17.4 Å². The van der Waals surface area contributed by atoms with Crippen molar-refractivity contribution in [2.75, 3.05) is 18.9 Å². The van der Waals surface area contributed by atoms with E-state index in [-0.39, 0.29) is 22.1 Å². The van der Waals surface area contributed by atoms with Crippen molar-refractivity contribution in [3.8, 4) is 5.75 Å². The zero-order valence-electron chi connectivity index (χ0n) is 13.9. The Labute approximate surface area is 158 Å². The Bertz CT molecular complexity index is 855. The molecule has 0 fully saturated rings. The van der Waals surface area contributed by atoms with Gasteiger partial charge in [-0.05, 0) is 36.4 Å². The molecule has 27 heavy (non-hydrogen) atoms. The summed E-state index contributed by atoms with van der Waals surface area (Å²) in [6, 6.07) is 6.38. The van der Waals surface area contributed by atoms with Crippen LogP contribution in [0.5, 0.6) is 5.75 Å². The topological polar surface area (TPSA) is 102 Å². The highest BCUT2D eigenvalue weighted by Gasteiger charge is 2.15. The SMILES string of the molecule is N[C@H](O)COc1c(F)cc(SCCNS(=O)(=O)c2ccc(F)cc2)cc1F. The summed E-state index contributed by atoms with van der Waals surface area (Å²) in [5.74, 6) is -2.95. The molecule has 0 radical (unpaired) electrons. The third-order valence-electron chi connectivity index (χ3n) is 3.16. The number of sulfonamides is 1. The first-order valence-electron chi connectivity index (χ1n) is 7.62. The van der Waals surface area contributed by atoms with Crippen LogP contribution >= 0.6 is 11.8 Å². The molecule has 0 saturated heterocycles. The first kappa shape index (κ1) is 21.5. The molecule has 6 nitrogen and oxygen atoms in total. The molecule has 0 aromatic heterocycles. The number of nitrogens with one attached hydrogen (secondary N) is 1. The van der Waals surface area contributed by atoms with Gasteiger partial charge in [0.05, 0.1) is 4.90 Å². The lowest BCUT2D eigenvalue weighted by Gasteiger charge is -2.11. The monoisotopic (exact) mass is 422 g/mol. The van der Waals surface area contributed by atoms with Crippen LogP contribution in [0.25, 0.3) is 0 Å². The second kappa shape index (κ2) is 9.42. The van der Waals surface area contributed by atoms with Crippen molar-refractivity contribution < 1.29 is 31.4 Å². The number of aliphatic hydroxyl groups is 1. The van der Waals surface area contributed by atoms with Crippen molar-refractivity contribution in [2.45, 2.75) is 16.0 Å². The lowest BCUT2D eigenvalue weighted by Crippen LogP contribution is -2.27. The maximum Gasteiger partial charge on any atom is 0.240 e. The minimum Gasteiger partial charge on any atom is -0.483 e. The number of nitrogens with two attached hydrogens (primary N) is 1. The lowest BCUT2D eigenvalue weighted by molar-refractivity contribution is 0.108. The Morgan fingerprint density at radius 2 is 1.74 bits per heavy atom. The van der Waals surface area contributed by atoms with Gasteiger partial charge in [0.2, 0.25) is 10.0 Å². The molecule has 0 spiro atoms. The van der Waals surface area contributed by atoms with E-state index in [0.717, 1.165) is 48.2 Å². The first-order chi connectivity index (χ1) is 12.7. The Morgan fingerprint density at radius 3 is 2.30 bits per heavy atom. The van der Waals surface area contributed by atoms with E-state index in [0.29, 0.717) is 0 Å². The van der Waals surface area contributed by atoms with Crippen molar-refractivity contribution in [1.29, 1.82) is 0 Å². The van der Waals surface area contributed by atoms with Crippen molar-refractivity contribution in [3.05, 3.63) is 53.8 Å². The van der Waals surface area contributed by atoms with Gasteiger partial charge in [-0.2, -0.15) is 0 Å². The van der Waals surface area contributed by atoms with Crippen LogP contribution in [-0.4, -0.2) is 38.7 Å². The summed E-state index contributed by atoms with van der Waals surface area (Å²) in [7, 11) is -3.80. The Kier molecular flexibility index (Phi) is 7.50. The maximum atomic E-state index is 13.9. The number of ether oxygens (including phenoxy) is 1. The molecule has 2 aromatic rings. The van der Waals surface area contributed by atoms with E-state index >= 15 is 0 Å². The highest BCUT2D eigenvalue weighted by Crippen LogP contribution is 2.28. The van der Waals surface area contributed by atoms with E-state index in [1.165, 1.54) is 0 Å². The van der Waals surface area contributed by atoms with Crippen LogP contribution in [0.3, 0.4) is 0 Å². The molecular formula is C16H17F3N2O4S2. The summed E-state index contributed by atoms with van der Waals surface area (Å²) in [4.78, 5) is 0.140. The predicted molar refractivity (Wildman–Crippen MR) is 94.4 cm³/mol. The molecule has 2 aromatic carbocycles. The van der Waals surface area contributed by atoms with Gasteiger partial charge in [0, 0.05) is 17.2 Å². The van der Waals surface area contributed by atoms with Crippen molar-refractivity contribution in [2.24, 2.45) is 5.73 Å². The highest BCUT2D eigenvalue weighted by molar-refractivity contribution is 7.99. The summed E-state index contributed by atoms with van der Waals surface area (Å²) in [6.07, 6.45) is -1.37. The molecule has 0 aliphatic rings. The summed E-state index contributed by atoms with van der Waals surface area (Å²) in [6.45, 7) is -0.475. The fourth-order valence-corrected chi connectivity index (χ4v) is 3.94. The quantitative estimate of drug-likeness (QED) is 0.324. The number of rotatable bonds is 9. The van der Waals surface area contributed by atoms with E-state index in [9.17, 15) is 21.6 Å². The maximum absolute atomic E-state index is 13.9. The molecule has 0 saturated carbocycles. The van der Waals surface area contributed by atoms with E-state index < -0.39 is 46.1 Å². The Hall–Kier alpha value is -1.79. The van der Waals surface area contributed by atoms with E-state index in [4.69, 9.17) is 15.6 Å². The van der Waals surface area contributed by atoms with Gasteiger partial charge in [-0.25, -0.2) is 26.3 Å². The molecule has 0 amide bonds. The number of thioether (sulfide) groups is 1. The zero-order valence-corrected chi connectivity index (χ0v) is 15.5. The van der Waals surface area contributed by atoms with Gasteiger partial charge in [-0.15, -0.1) is 11.8 Å². The average Bonchev–Trinajstić information content (AvgIpc) is 2.58. The van der Waals surface area contributed by atoms with Crippen LogP contribution in [0.1, 0.15) is 0 Å². The summed E-state index contributed by atoms with van der Waals surface area (Å²) < 4.78 is 71.7. The van der Waals surface area contributed by atoms with Gasteiger partial charge >= 0.3 is 0 Å². The Morgan fingerprint density at radius 1 is 1.15 bits per heavy atom. The number of hydrogen-bond acceptors (Lipinski definition) is 6. The summed E-state index contributed by atoms with van der Waals surface area (Å²) in [5, 5.41) is 8.88. The molecule has 0 bridgehead atoms. The van der Waals surface area contributed by atoms with Crippen molar-refractivity contribution in [1.82, 2.24) is 4.72 Å². The molecule has 4 N–H and O–H groups in total. The molecule has 0 aliphatic carbocycles. The van der Waals surface area contributed by atoms with E-state index in [2.05, 4.69) is 4.72 Å². The van der Waals surface area contributed by atoms with Crippen LogP contribution in [0.15, 0.2) is 46.2 Å². The molecule has 0 unspecified atom stereocenters. The van der Waals surface area contributed by atoms with Gasteiger partial charge in [0.1, 0.15) is 18.7 Å². The molecule has 1 atom stereocenters. The number of aliphatic hydroxyl groups excluding tert-OH is 1. The second-order valence-corrected chi connectivity index (χ2v) is 8.23. The van der Waals surface area contributed by atoms with Crippen LogP contribution in [0.2, 0.25) is 0 Å². The standard InChI is InChI=1S/C16H17F3N2O4S2/c17-10-1-3-12(4-2-10)27(23,24)21-5-6-26-11-7-13(18)16(14(19)8-11)25-9-15(20)22/h1-4,7-8,15,21-22H,5-6,9,20H2/t15-/m1/s1. The fourth-order valence-electron chi connectivity index (χ4n) is 1.97. The molecule has 0 heterocycles.